The number of likely N-dealkylation sites (tertiary alicyclic amines) is 1. The SMILES string of the molecule is CN(Cc1ccccc1F)C(=O)CN1CCC(C(O)c2ccccc2)CC1. The highest BCUT2D eigenvalue weighted by Gasteiger charge is 2.27. The topological polar surface area (TPSA) is 43.8 Å². The third-order valence-corrected chi connectivity index (χ3v) is 5.37. The zero-order chi connectivity index (χ0) is 19.2. The van der Waals surface area contributed by atoms with Gasteiger partial charge in [-0.2, -0.15) is 0 Å². The average Bonchev–Trinajstić information content (AvgIpc) is 2.70. The van der Waals surface area contributed by atoms with Crippen molar-refractivity contribution in [2.45, 2.75) is 25.5 Å². The Morgan fingerprint density at radius 2 is 1.78 bits per heavy atom. The van der Waals surface area contributed by atoms with E-state index in [2.05, 4.69) is 4.90 Å². The fourth-order valence-corrected chi connectivity index (χ4v) is 3.63. The Kier molecular flexibility index (Phi) is 6.58. The summed E-state index contributed by atoms with van der Waals surface area (Å²) >= 11 is 0. The molecule has 0 aliphatic carbocycles. The molecule has 1 heterocycles. The lowest BCUT2D eigenvalue weighted by Crippen LogP contribution is -2.42. The zero-order valence-corrected chi connectivity index (χ0v) is 15.7. The molecule has 1 atom stereocenters. The summed E-state index contributed by atoms with van der Waals surface area (Å²) in [5.74, 6) is -0.0805. The Bertz CT molecular complexity index is 745. The van der Waals surface area contributed by atoms with Gasteiger partial charge in [0.15, 0.2) is 0 Å². The molecule has 1 saturated heterocycles. The molecule has 4 nitrogen and oxygen atoms in total. The monoisotopic (exact) mass is 370 g/mol. The van der Waals surface area contributed by atoms with Gasteiger partial charge in [0, 0.05) is 19.2 Å². The van der Waals surface area contributed by atoms with Crippen molar-refractivity contribution >= 4 is 5.91 Å². The van der Waals surface area contributed by atoms with Crippen molar-refractivity contribution < 1.29 is 14.3 Å². The largest absolute Gasteiger partial charge is 0.388 e. The van der Waals surface area contributed by atoms with Crippen LogP contribution < -0.4 is 0 Å². The smallest absolute Gasteiger partial charge is 0.236 e. The van der Waals surface area contributed by atoms with Crippen molar-refractivity contribution in [2.75, 3.05) is 26.7 Å². The normalized spacial score (nSPS) is 16.9. The highest BCUT2D eigenvalue weighted by molar-refractivity contribution is 5.78. The van der Waals surface area contributed by atoms with Crippen molar-refractivity contribution in [3.05, 3.63) is 71.5 Å². The Morgan fingerprint density at radius 3 is 2.44 bits per heavy atom. The molecule has 0 radical (unpaired) electrons. The van der Waals surface area contributed by atoms with E-state index in [1.807, 2.05) is 30.3 Å². The first-order chi connectivity index (χ1) is 13.0. The van der Waals surface area contributed by atoms with E-state index in [-0.39, 0.29) is 24.2 Å². The van der Waals surface area contributed by atoms with Gasteiger partial charge in [-0.15, -0.1) is 0 Å². The lowest BCUT2D eigenvalue weighted by molar-refractivity contribution is -0.132. The minimum atomic E-state index is -0.451. The van der Waals surface area contributed by atoms with Crippen LogP contribution in [0.4, 0.5) is 4.39 Å². The predicted octanol–water partition coefficient (Wildman–Crippen LogP) is 3.23. The summed E-state index contributed by atoms with van der Waals surface area (Å²) in [7, 11) is 1.71. The quantitative estimate of drug-likeness (QED) is 0.849. The molecule has 3 rings (SSSR count). The van der Waals surface area contributed by atoms with Crippen LogP contribution in [0.2, 0.25) is 0 Å². The molecule has 5 heteroatoms. The fourth-order valence-electron chi connectivity index (χ4n) is 3.63. The number of carbonyl (C=O) groups is 1. The number of likely N-dealkylation sites (N-methyl/N-ethyl adjacent to an activating group) is 1. The van der Waals surface area contributed by atoms with Crippen molar-refractivity contribution in [2.24, 2.45) is 5.92 Å². The van der Waals surface area contributed by atoms with Crippen molar-refractivity contribution in [1.29, 1.82) is 0 Å². The molecule has 1 aliphatic heterocycles. The van der Waals surface area contributed by atoms with Gasteiger partial charge in [0.2, 0.25) is 5.91 Å². The molecule has 0 spiro atoms. The van der Waals surface area contributed by atoms with Crippen molar-refractivity contribution in [3.8, 4) is 0 Å². The number of benzene rings is 2. The van der Waals surface area contributed by atoms with Gasteiger partial charge in [0.25, 0.3) is 0 Å². The Hall–Kier alpha value is -2.24. The van der Waals surface area contributed by atoms with E-state index in [0.717, 1.165) is 31.5 Å². The predicted molar refractivity (Wildman–Crippen MR) is 103 cm³/mol. The number of aliphatic hydroxyl groups is 1. The molecule has 0 bridgehead atoms. The van der Waals surface area contributed by atoms with Gasteiger partial charge in [-0.25, -0.2) is 4.39 Å². The van der Waals surface area contributed by atoms with Crippen LogP contribution in [0.1, 0.15) is 30.1 Å². The van der Waals surface area contributed by atoms with Crippen LogP contribution in [-0.4, -0.2) is 47.5 Å². The number of amides is 1. The number of aliphatic hydroxyl groups excluding tert-OH is 1. The number of rotatable bonds is 6. The van der Waals surface area contributed by atoms with E-state index in [9.17, 15) is 14.3 Å². The fraction of sp³-hybridized carbons (Fsp3) is 0.409. The zero-order valence-electron chi connectivity index (χ0n) is 15.7. The van der Waals surface area contributed by atoms with Crippen molar-refractivity contribution in [1.82, 2.24) is 9.80 Å². The molecule has 1 N–H and O–H groups in total. The first-order valence-corrected chi connectivity index (χ1v) is 9.47. The number of nitrogens with zero attached hydrogens (tertiary/aromatic N) is 2. The molecular formula is C22H27FN2O2. The standard InChI is InChI=1S/C22H27FN2O2/c1-24(15-19-9-5-6-10-20(19)23)21(26)16-25-13-11-18(12-14-25)22(27)17-7-3-2-4-8-17/h2-10,18,22,27H,11-16H2,1H3. The molecule has 2 aromatic carbocycles. The van der Waals surface area contributed by atoms with Crippen molar-refractivity contribution in [3.63, 3.8) is 0 Å². The second-order valence-corrected chi connectivity index (χ2v) is 7.31. The molecule has 1 unspecified atom stereocenters. The first-order valence-electron chi connectivity index (χ1n) is 9.47. The van der Waals surface area contributed by atoms with Gasteiger partial charge in [0.1, 0.15) is 5.82 Å². The molecule has 0 aromatic heterocycles. The van der Waals surface area contributed by atoms with Gasteiger partial charge in [-0.3, -0.25) is 9.69 Å². The Morgan fingerprint density at radius 1 is 1.15 bits per heavy atom. The minimum Gasteiger partial charge on any atom is -0.388 e. The van der Waals surface area contributed by atoms with E-state index in [4.69, 9.17) is 0 Å². The van der Waals surface area contributed by atoms with Crippen LogP contribution in [0.5, 0.6) is 0 Å². The Balaban J connectivity index is 1.47. The first kappa shape index (κ1) is 19.5. The molecule has 2 aromatic rings. The maximum atomic E-state index is 13.8. The van der Waals surface area contributed by atoms with E-state index >= 15 is 0 Å². The van der Waals surface area contributed by atoms with E-state index in [0.29, 0.717) is 12.1 Å². The summed E-state index contributed by atoms with van der Waals surface area (Å²) < 4.78 is 13.8. The molecular weight excluding hydrogens is 343 g/mol. The summed E-state index contributed by atoms with van der Waals surface area (Å²) in [6, 6.07) is 16.3. The molecule has 1 aliphatic rings. The lowest BCUT2D eigenvalue weighted by atomic mass is 9.87. The number of carbonyl (C=O) groups excluding carboxylic acids is 1. The van der Waals surface area contributed by atoms with Crippen LogP contribution >= 0.6 is 0 Å². The van der Waals surface area contributed by atoms with E-state index in [1.54, 1.807) is 30.1 Å². The summed E-state index contributed by atoms with van der Waals surface area (Å²) in [4.78, 5) is 16.2. The number of hydrogen-bond donors (Lipinski definition) is 1. The second-order valence-electron chi connectivity index (χ2n) is 7.31. The van der Waals surface area contributed by atoms with Gasteiger partial charge in [-0.1, -0.05) is 48.5 Å². The summed E-state index contributed by atoms with van der Waals surface area (Å²) in [6.07, 6.45) is 1.27. The molecule has 27 heavy (non-hydrogen) atoms. The van der Waals surface area contributed by atoms with Gasteiger partial charge in [0.05, 0.1) is 12.6 Å². The van der Waals surface area contributed by atoms with Gasteiger partial charge >= 0.3 is 0 Å². The van der Waals surface area contributed by atoms with E-state index in [1.165, 1.54) is 6.07 Å². The van der Waals surface area contributed by atoms with Gasteiger partial charge < -0.3 is 10.0 Å². The summed E-state index contributed by atoms with van der Waals surface area (Å²) in [5, 5.41) is 10.6. The lowest BCUT2D eigenvalue weighted by Gasteiger charge is -2.34. The third kappa shape index (κ3) is 5.15. The summed E-state index contributed by atoms with van der Waals surface area (Å²) in [6.45, 7) is 2.18. The number of hydrogen-bond acceptors (Lipinski definition) is 3. The van der Waals surface area contributed by atoms with Crippen LogP contribution in [0.25, 0.3) is 0 Å². The van der Waals surface area contributed by atoms with E-state index < -0.39 is 6.10 Å². The van der Waals surface area contributed by atoms with Crippen LogP contribution in [0.15, 0.2) is 54.6 Å². The molecule has 1 amide bonds. The maximum Gasteiger partial charge on any atom is 0.236 e. The Labute approximate surface area is 160 Å². The average molecular weight is 370 g/mol. The van der Waals surface area contributed by atoms with Crippen LogP contribution in [0, 0.1) is 11.7 Å². The number of halogens is 1. The van der Waals surface area contributed by atoms with Crippen LogP contribution in [0.3, 0.4) is 0 Å². The second kappa shape index (κ2) is 9.11. The van der Waals surface area contributed by atoms with Crippen LogP contribution in [-0.2, 0) is 11.3 Å². The molecule has 0 saturated carbocycles. The highest BCUT2D eigenvalue weighted by atomic mass is 19.1. The molecule has 144 valence electrons. The van der Waals surface area contributed by atoms with Gasteiger partial charge in [-0.05, 0) is 43.5 Å². The highest BCUT2D eigenvalue weighted by Crippen LogP contribution is 2.30. The molecule has 1 fully saturated rings. The maximum absolute atomic E-state index is 13.8. The minimum absolute atomic E-state index is 0.0136. The number of piperidine rings is 1. The summed E-state index contributed by atoms with van der Waals surface area (Å²) in [5.41, 5.74) is 1.48. The third-order valence-electron chi connectivity index (χ3n) is 5.37.